The number of fused-ring (bicyclic) bond motifs is 3. The van der Waals surface area contributed by atoms with Crippen LogP contribution in [0, 0.1) is 15.5 Å². The lowest BCUT2D eigenvalue weighted by molar-refractivity contribution is -0.384. The molecule has 3 aromatic rings. The van der Waals surface area contributed by atoms with Gasteiger partial charge < -0.3 is 10.2 Å². The molecule has 6 nitrogen and oxygen atoms in total. The molecule has 1 aliphatic heterocycles. The summed E-state index contributed by atoms with van der Waals surface area (Å²) in [5.74, 6) is 0.108. The number of anilines is 2. The second kappa shape index (κ2) is 7.44. The van der Waals surface area contributed by atoms with Crippen LogP contribution in [-0.2, 0) is 4.79 Å². The highest BCUT2D eigenvalue weighted by atomic mass is 16.6. The Balaban J connectivity index is 1.74. The molecule has 0 aromatic heterocycles. The van der Waals surface area contributed by atoms with Gasteiger partial charge in [0.25, 0.3) is 5.69 Å². The number of hydrogen-bond acceptors (Lipinski definition) is 5. The van der Waals surface area contributed by atoms with Crippen molar-refractivity contribution in [3.63, 3.8) is 0 Å². The highest BCUT2D eigenvalue weighted by Gasteiger charge is 2.40. The molecule has 5 rings (SSSR count). The zero-order valence-corrected chi connectivity index (χ0v) is 19.3. The second-order valence-corrected chi connectivity index (χ2v) is 10.1. The molecule has 1 atom stereocenters. The van der Waals surface area contributed by atoms with Crippen molar-refractivity contribution in [1.29, 1.82) is 0 Å². The Morgan fingerprint density at radius 1 is 1.03 bits per heavy atom. The average molecular weight is 442 g/mol. The second-order valence-electron chi connectivity index (χ2n) is 10.1. The molecule has 6 heteroatoms. The number of ketones is 1. The Hall–Kier alpha value is -3.67. The number of nitrogens with zero attached hydrogens (tertiary/aromatic N) is 2. The number of hydrogen-bond donors (Lipinski definition) is 1. The third-order valence-electron chi connectivity index (χ3n) is 6.73. The molecule has 0 fully saturated rings. The summed E-state index contributed by atoms with van der Waals surface area (Å²) in [5, 5.41) is 17.6. The molecule has 0 amide bonds. The molecule has 0 saturated heterocycles. The van der Waals surface area contributed by atoms with Crippen LogP contribution in [0.3, 0.4) is 0 Å². The van der Waals surface area contributed by atoms with Gasteiger partial charge >= 0.3 is 0 Å². The smallest absolute Gasteiger partial charge is 0.292 e. The largest absolute Gasteiger partial charge is 0.373 e. The highest BCUT2D eigenvalue weighted by molar-refractivity contribution is 6.10. The van der Waals surface area contributed by atoms with Gasteiger partial charge in [-0.3, -0.25) is 14.9 Å². The Kier molecular flexibility index (Phi) is 4.78. The number of nitrogens with one attached hydrogen (secondary N) is 1. The highest BCUT2D eigenvalue weighted by Crippen LogP contribution is 2.51. The standard InChI is InChI=1S/C27H27N3O3/c1-27(2)14-20-19-11-16-7-5-6-8-17(16)12-21(19)28-26(25(20)24(31)15-27)18-9-10-22(29(3)4)23(13-18)30(32)33/h5-13,26,28H,14-15H2,1-4H3/t26-/m0/s1. The van der Waals surface area contributed by atoms with Gasteiger partial charge in [-0.1, -0.05) is 44.2 Å². The fraction of sp³-hybridized carbons (Fsp3) is 0.296. The molecule has 0 spiro atoms. The zero-order valence-electron chi connectivity index (χ0n) is 19.3. The summed E-state index contributed by atoms with van der Waals surface area (Å²) in [4.78, 5) is 26.6. The Labute approximate surface area is 193 Å². The van der Waals surface area contributed by atoms with Crippen molar-refractivity contribution in [3.8, 4) is 0 Å². The monoisotopic (exact) mass is 441 g/mol. The molecule has 1 aliphatic carbocycles. The maximum absolute atomic E-state index is 13.5. The summed E-state index contributed by atoms with van der Waals surface area (Å²) in [6.45, 7) is 4.26. The lowest BCUT2D eigenvalue weighted by Gasteiger charge is -2.40. The normalized spacial score (nSPS) is 19.0. The average Bonchev–Trinajstić information content (AvgIpc) is 2.76. The van der Waals surface area contributed by atoms with Gasteiger partial charge in [0.15, 0.2) is 5.78 Å². The molecule has 0 bridgehead atoms. The fourth-order valence-corrected chi connectivity index (χ4v) is 5.24. The summed E-state index contributed by atoms with van der Waals surface area (Å²) < 4.78 is 0. The quantitative estimate of drug-likeness (QED) is 0.391. The molecule has 168 valence electrons. The SMILES string of the molecule is CN(C)c1ccc([C@@H]2Nc3cc4ccccc4cc3C3=C2C(=O)CC(C)(C)C3)cc1[N+](=O)[O-]. The summed E-state index contributed by atoms with van der Waals surface area (Å²) in [5.41, 5.74) is 4.98. The van der Waals surface area contributed by atoms with E-state index in [4.69, 9.17) is 0 Å². The van der Waals surface area contributed by atoms with Crippen LogP contribution in [0.1, 0.15) is 43.9 Å². The number of carbonyl (C=O) groups excluding carboxylic acids is 1. The van der Waals surface area contributed by atoms with Crippen LogP contribution in [0.5, 0.6) is 0 Å². The number of carbonyl (C=O) groups is 1. The van der Waals surface area contributed by atoms with Crippen LogP contribution >= 0.6 is 0 Å². The van der Waals surface area contributed by atoms with Crippen molar-refractivity contribution >= 4 is 39.2 Å². The molecular weight excluding hydrogens is 414 g/mol. The van der Waals surface area contributed by atoms with E-state index in [1.807, 2.05) is 18.2 Å². The predicted molar refractivity (Wildman–Crippen MR) is 133 cm³/mol. The van der Waals surface area contributed by atoms with Crippen LogP contribution in [-0.4, -0.2) is 24.8 Å². The molecule has 2 aliphatic rings. The lowest BCUT2D eigenvalue weighted by atomic mass is 9.68. The van der Waals surface area contributed by atoms with Gasteiger partial charge in [0, 0.05) is 43.4 Å². The van der Waals surface area contributed by atoms with E-state index in [0.717, 1.165) is 45.2 Å². The molecular formula is C27H27N3O3. The molecule has 1 heterocycles. The maximum Gasteiger partial charge on any atom is 0.292 e. The minimum absolute atomic E-state index is 0.0364. The molecule has 0 radical (unpaired) electrons. The van der Waals surface area contributed by atoms with Crippen LogP contribution in [0.15, 0.2) is 60.2 Å². The van der Waals surface area contributed by atoms with Crippen molar-refractivity contribution in [2.45, 2.75) is 32.7 Å². The van der Waals surface area contributed by atoms with E-state index in [9.17, 15) is 14.9 Å². The van der Waals surface area contributed by atoms with E-state index in [0.29, 0.717) is 12.1 Å². The van der Waals surface area contributed by atoms with E-state index < -0.39 is 6.04 Å². The van der Waals surface area contributed by atoms with Crippen LogP contribution in [0.2, 0.25) is 0 Å². The molecule has 33 heavy (non-hydrogen) atoms. The van der Waals surface area contributed by atoms with E-state index in [-0.39, 0.29) is 21.8 Å². The van der Waals surface area contributed by atoms with Gasteiger partial charge in [0.1, 0.15) is 5.69 Å². The number of benzene rings is 3. The first-order chi connectivity index (χ1) is 15.6. The number of allylic oxidation sites excluding steroid dienone is 1. The first-order valence-electron chi connectivity index (χ1n) is 11.2. The molecule has 0 unspecified atom stereocenters. The van der Waals surface area contributed by atoms with Gasteiger partial charge in [-0.25, -0.2) is 0 Å². The molecule has 1 N–H and O–H groups in total. The third kappa shape index (κ3) is 3.55. The minimum atomic E-state index is -0.424. The maximum atomic E-state index is 13.5. The summed E-state index contributed by atoms with van der Waals surface area (Å²) in [7, 11) is 3.57. The summed E-state index contributed by atoms with van der Waals surface area (Å²) in [6, 6.07) is 17.3. The summed E-state index contributed by atoms with van der Waals surface area (Å²) >= 11 is 0. The van der Waals surface area contributed by atoms with Gasteiger partial charge in [-0.05, 0) is 51.9 Å². The first-order valence-corrected chi connectivity index (χ1v) is 11.2. The van der Waals surface area contributed by atoms with Crippen LogP contribution in [0.25, 0.3) is 16.3 Å². The van der Waals surface area contributed by atoms with E-state index >= 15 is 0 Å². The topological polar surface area (TPSA) is 75.5 Å². The van der Waals surface area contributed by atoms with Gasteiger partial charge in [0.05, 0.1) is 11.0 Å². The Morgan fingerprint density at radius 3 is 2.39 bits per heavy atom. The van der Waals surface area contributed by atoms with Gasteiger partial charge in [0.2, 0.25) is 0 Å². The van der Waals surface area contributed by atoms with Crippen molar-refractivity contribution in [2.24, 2.45) is 5.41 Å². The predicted octanol–water partition coefficient (Wildman–Crippen LogP) is 6.12. The van der Waals surface area contributed by atoms with E-state index in [1.54, 1.807) is 31.1 Å². The van der Waals surface area contributed by atoms with Crippen LogP contribution in [0.4, 0.5) is 17.1 Å². The number of Topliss-reactive ketones (excluding diaryl/α,β-unsaturated/α-hetero) is 1. The first kappa shape index (κ1) is 21.2. The fourth-order valence-electron chi connectivity index (χ4n) is 5.24. The molecule has 0 saturated carbocycles. The van der Waals surface area contributed by atoms with E-state index in [1.165, 1.54) is 0 Å². The van der Waals surface area contributed by atoms with E-state index in [2.05, 4.69) is 43.4 Å². The number of rotatable bonds is 3. The van der Waals surface area contributed by atoms with Crippen molar-refractivity contribution in [3.05, 3.63) is 81.4 Å². The number of nitro benzene ring substituents is 1. The van der Waals surface area contributed by atoms with Gasteiger partial charge in [-0.15, -0.1) is 0 Å². The van der Waals surface area contributed by atoms with Crippen molar-refractivity contribution in [1.82, 2.24) is 0 Å². The zero-order chi connectivity index (χ0) is 23.5. The molecule has 3 aromatic carbocycles. The third-order valence-corrected chi connectivity index (χ3v) is 6.73. The minimum Gasteiger partial charge on any atom is -0.373 e. The number of nitro groups is 1. The van der Waals surface area contributed by atoms with Crippen molar-refractivity contribution < 1.29 is 9.72 Å². The van der Waals surface area contributed by atoms with Crippen molar-refractivity contribution in [2.75, 3.05) is 24.3 Å². The Morgan fingerprint density at radius 2 is 1.73 bits per heavy atom. The Bertz CT molecular complexity index is 1350. The van der Waals surface area contributed by atoms with Gasteiger partial charge in [-0.2, -0.15) is 0 Å². The lowest BCUT2D eigenvalue weighted by Crippen LogP contribution is -2.33. The van der Waals surface area contributed by atoms with Crippen LogP contribution < -0.4 is 10.2 Å². The summed E-state index contributed by atoms with van der Waals surface area (Å²) in [6.07, 6.45) is 1.25.